The normalized spacial score (nSPS) is 18.8. The molecule has 0 amide bonds. The van der Waals surface area contributed by atoms with Gasteiger partial charge < -0.3 is 10.1 Å². The first-order valence-corrected chi connectivity index (χ1v) is 4.92. The molecule has 0 atom stereocenters. The van der Waals surface area contributed by atoms with Gasteiger partial charge in [0.2, 0.25) is 0 Å². The predicted molar refractivity (Wildman–Crippen MR) is 51.4 cm³/mol. The zero-order valence-corrected chi connectivity index (χ0v) is 8.72. The van der Waals surface area contributed by atoms with Crippen LogP contribution in [0, 0.1) is 5.41 Å². The van der Waals surface area contributed by atoms with Gasteiger partial charge in [0, 0.05) is 6.54 Å². The largest absolute Gasteiger partial charge is 0.462 e. The van der Waals surface area contributed by atoms with Crippen LogP contribution in [0.25, 0.3) is 0 Å². The van der Waals surface area contributed by atoms with E-state index in [1.54, 1.807) is 0 Å². The maximum absolute atomic E-state index is 11.1. The van der Waals surface area contributed by atoms with Crippen molar-refractivity contribution >= 4 is 5.97 Å². The maximum Gasteiger partial charge on any atom is 0.320 e. The molecule has 13 heavy (non-hydrogen) atoms. The molecule has 0 radical (unpaired) electrons. The third-order valence-corrected chi connectivity index (χ3v) is 2.29. The number of carbonyl (C=O) groups is 1. The van der Waals surface area contributed by atoms with Crippen molar-refractivity contribution in [2.45, 2.75) is 39.7 Å². The zero-order valence-electron chi connectivity index (χ0n) is 8.72. The topological polar surface area (TPSA) is 38.3 Å². The standard InChI is InChI=1S/C10H19NO2/c1-8(2)13-9(12)6-11-7-10(3)4-5-10/h8,11H,4-7H2,1-3H3. The molecule has 1 saturated carbocycles. The zero-order chi connectivity index (χ0) is 9.90. The van der Waals surface area contributed by atoms with Crippen molar-refractivity contribution in [2.24, 2.45) is 5.41 Å². The molecule has 1 N–H and O–H groups in total. The van der Waals surface area contributed by atoms with Crippen molar-refractivity contribution in [3.8, 4) is 0 Å². The predicted octanol–water partition coefficient (Wildman–Crippen LogP) is 1.33. The van der Waals surface area contributed by atoms with Crippen LogP contribution in [-0.4, -0.2) is 25.2 Å². The molecule has 1 fully saturated rings. The van der Waals surface area contributed by atoms with Crippen molar-refractivity contribution in [1.29, 1.82) is 0 Å². The molecular formula is C10H19NO2. The second-order valence-electron chi connectivity index (χ2n) is 4.45. The number of ether oxygens (including phenoxy) is 1. The third-order valence-electron chi connectivity index (χ3n) is 2.29. The molecule has 3 nitrogen and oxygen atoms in total. The van der Waals surface area contributed by atoms with E-state index in [0.717, 1.165) is 6.54 Å². The number of hydrogen-bond donors (Lipinski definition) is 1. The molecule has 0 saturated heterocycles. The lowest BCUT2D eigenvalue weighted by atomic mass is 10.1. The van der Waals surface area contributed by atoms with E-state index >= 15 is 0 Å². The summed E-state index contributed by atoms with van der Waals surface area (Å²) in [7, 11) is 0. The average molecular weight is 185 g/mol. The highest BCUT2D eigenvalue weighted by molar-refractivity contribution is 5.71. The van der Waals surface area contributed by atoms with Gasteiger partial charge in [0.1, 0.15) is 0 Å². The highest BCUT2D eigenvalue weighted by Gasteiger charge is 2.36. The van der Waals surface area contributed by atoms with E-state index in [4.69, 9.17) is 4.74 Å². The second kappa shape index (κ2) is 4.09. The highest BCUT2D eigenvalue weighted by atomic mass is 16.5. The number of rotatable bonds is 5. The fourth-order valence-electron chi connectivity index (χ4n) is 1.16. The number of carbonyl (C=O) groups excluding carboxylic acids is 1. The molecule has 3 heteroatoms. The Kier molecular flexibility index (Phi) is 3.31. The van der Waals surface area contributed by atoms with Crippen LogP contribution in [0.5, 0.6) is 0 Å². The Balaban J connectivity index is 2.02. The molecule has 76 valence electrons. The van der Waals surface area contributed by atoms with Crippen molar-refractivity contribution in [3.05, 3.63) is 0 Å². The second-order valence-corrected chi connectivity index (χ2v) is 4.45. The molecule has 0 heterocycles. The van der Waals surface area contributed by atoms with Crippen LogP contribution < -0.4 is 5.32 Å². The Labute approximate surface area is 79.8 Å². The number of hydrogen-bond acceptors (Lipinski definition) is 3. The molecule has 0 aliphatic heterocycles. The molecule has 0 bridgehead atoms. The maximum atomic E-state index is 11.1. The van der Waals surface area contributed by atoms with E-state index < -0.39 is 0 Å². The van der Waals surface area contributed by atoms with E-state index in [9.17, 15) is 4.79 Å². The van der Waals surface area contributed by atoms with Crippen LogP contribution in [-0.2, 0) is 9.53 Å². The summed E-state index contributed by atoms with van der Waals surface area (Å²) in [6.45, 7) is 7.22. The van der Waals surface area contributed by atoms with Crippen LogP contribution in [0.3, 0.4) is 0 Å². The van der Waals surface area contributed by atoms with Crippen molar-refractivity contribution in [2.75, 3.05) is 13.1 Å². The van der Waals surface area contributed by atoms with Gasteiger partial charge in [-0.25, -0.2) is 0 Å². The first-order valence-electron chi connectivity index (χ1n) is 4.92. The molecule has 0 aromatic rings. The molecule has 1 rings (SSSR count). The van der Waals surface area contributed by atoms with E-state index in [0.29, 0.717) is 12.0 Å². The minimum atomic E-state index is -0.153. The lowest BCUT2D eigenvalue weighted by Gasteiger charge is -2.11. The third kappa shape index (κ3) is 4.27. The molecule has 0 unspecified atom stereocenters. The van der Waals surface area contributed by atoms with Crippen molar-refractivity contribution in [3.63, 3.8) is 0 Å². The fourth-order valence-corrected chi connectivity index (χ4v) is 1.16. The van der Waals surface area contributed by atoms with Crippen molar-refractivity contribution < 1.29 is 9.53 Å². The molecule has 1 aliphatic carbocycles. The SMILES string of the molecule is CC(C)OC(=O)CNCC1(C)CC1. The van der Waals surface area contributed by atoms with Crippen LogP contribution in [0.15, 0.2) is 0 Å². The van der Waals surface area contributed by atoms with Crippen LogP contribution in [0.4, 0.5) is 0 Å². The summed E-state index contributed by atoms with van der Waals surface area (Å²) in [5.41, 5.74) is 0.456. The van der Waals surface area contributed by atoms with Gasteiger partial charge in [0.15, 0.2) is 0 Å². The lowest BCUT2D eigenvalue weighted by molar-refractivity contribution is -0.146. The van der Waals surface area contributed by atoms with E-state index in [1.807, 2.05) is 13.8 Å². The summed E-state index contributed by atoms with van der Waals surface area (Å²) >= 11 is 0. The fraction of sp³-hybridized carbons (Fsp3) is 0.900. The first kappa shape index (κ1) is 10.5. The van der Waals surface area contributed by atoms with Gasteiger partial charge in [-0.2, -0.15) is 0 Å². The summed E-state index contributed by atoms with van der Waals surface area (Å²) in [4.78, 5) is 11.1. The van der Waals surface area contributed by atoms with Gasteiger partial charge >= 0.3 is 5.97 Å². The average Bonchev–Trinajstić information content (AvgIpc) is 2.66. The Morgan fingerprint density at radius 1 is 1.54 bits per heavy atom. The van der Waals surface area contributed by atoms with Gasteiger partial charge in [0.05, 0.1) is 12.6 Å². The number of esters is 1. The van der Waals surface area contributed by atoms with Gasteiger partial charge in [-0.1, -0.05) is 6.92 Å². The van der Waals surface area contributed by atoms with E-state index in [1.165, 1.54) is 12.8 Å². The summed E-state index contributed by atoms with van der Waals surface area (Å²) < 4.78 is 4.98. The molecule has 0 aromatic heterocycles. The quantitative estimate of drug-likeness (QED) is 0.657. The van der Waals surface area contributed by atoms with Crippen molar-refractivity contribution in [1.82, 2.24) is 5.32 Å². The van der Waals surface area contributed by atoms with Crippen LogP contribution in [0.2, 0.25) is 0 Å². The smallest absolute Gasteiger partial charge is 0.320 e. The molecular weight excluding hydrogens is 166 g/mol. The monoisotopic (exact) mass is 185 g/mol. The lowest BCUT2D eigenvalue weighted by Crippen LogP contribution is -2.30. The molecule has 0 aromatic carbocycles. The van der Waals surface area contributed by atoms with Gasteiger partial charge in [-0.15, -0.1) is 0 Å². The summed E-state index contributed by atoms with van der Waals surface area (Å²) in [6.07, 6.45) is 2.55. The summed E-state index contributed by atoms with van der Waals surface area (Å²) in [6, 6.07) is 0. The van der Waals surface area contributed by atoms with Crippen LogP contribution >= 0.6 is 0 Å². The summed E-state index contributed by atoms with van der Waals surface area (Å²) in [5.74, 6) is -0.153. The Bertz CT molecular complexity index is 185. The Morgan fingerprint density at radius 3 is 2.62 bits per heavy atom. The van der Waals surface area contributed by atoms with E-state index in [-0.39, 0.29) is 12.1 Å². The first-order chi connectivity index (χ1) is 6.02. The Hall–Kier alpha value is -0.570. The Morgan fingerprint density at radius 2 is 2.15 bits per heavy atom. The molecule has 0 spiro atoms. The van der Waals surface area contributed by atoms with E-state index in [2.05, 4.69) is 12.2 Å². The summed E-state index contributed by atoms with van der Waals surface area (Å²) in [5, 5.41) is 3.12. The van der Waals surface area contributed by atoms with Crippen LogP contribution in [0.1, 0.15) is 33.6 Å². The molecule has 1 aliphatic rings. The van der Waals surface area contributed by atoms with Gasteiger partial charge in [-0.3, -0.25) is 4.79 Å². The number of nitrogens with one attached hydrogen (secondary N) is 1. The minimum absolute atomic E-state index is 0.00851. The minimum Gasteiger partial charge on any atom is -0.462 e. The van der Waals surface area contributed by atoms with Gasteiger partial charge in [0.25, 0.3) is 0 Å². The van der Waals surface area contributed by atoms with Gasteiger partial charge in [-0.05, 0) is 32.1 Å². The highest BCUT2D eigenvalue weighted by Crippen LogP contribution is 2.43.